The smallest absolute Gasteiger partial charge is 0.256 e. The fraction of sp³-hybridized carbons (Fsp3) is 0.579. The predicted octanol–water partition coefficient (Wildman–Crippen LogP) is 3.18. The second-order valence-corrected chi connectivity index (χ2v) is 8.88. The summed E-state index contributed by atoms with van der Waals surface area (Å²) in [6, 6.07) is 4.09. The van der Waals surface area contributed by atoms with E-state index in [1.54, 1.807) is 0 Å². The van der Waals surface area contributed by atoms with Gasteiger partial charge in [-0.3, -0.25) is 4.79 Å². The van der Waals surface area contributed by atoms with Gasteiger partial charge in [-0.25, -0.2) is 4.98 Å². The molecule has 0 aromatic carbocycles. The molecule has 5 rings (SSSR count). The average molecular weight is 374 g/mol. The van der Waals surface area contributed by atoms with Crippen LogP contribution in [-0.4, -0.2) is 51.8 Å². The molecule has 0 radical (unpaired) electrons. The van der Waals surface area contributed by atoms with Crippen LogP contribution in [0.5, 0.6) is 0 Å². The molecule has 2 aromatic rings. The Bertz CT molecular complexity index is 897. The molecular formula is C19H23FN4OS. The van der Waals surface area contributed by atoms with Gasteiger partial charge < -0.3 is 14.4 Å². The minimum atomic E-state index is 0.126. The van der Waals surface area contributed by atoms with Crippen molar-refractivity contribution in [1.82, 2.24) is 14.5 Å². The quantitative estimate of drug-likeness (QED) is 0.828. The number of hydrogen-bond donors (Lipinski definition) is 0. The van der Waals surface area contributed by atoms with Crippen molar-refractivity contribution >= 4 is 34.9 Å². The molecule has 7 heteroatoms. The van der Waals surface area contributed by atoms with Gasteiger partial charge in [0.05, 0.1) is 5.56 Å². The monoisotopic (exact) mass is 374 g/mol. The Balaban J connectivity index is 1.45. The average Bonchev–Trinajstić information content (AvgIpc) is 2.86. The third-order valence-electron chi connectivity index (χ3n) is 6.47. The van der Waals surface area contributed by atoms with Gasteiger partial charge in [0.15, 0.2) is 0 Å². The highest BCUT2D eigenvalue weighted by atomic mass is 32.2. The molecular weight excluding hydrogens is 351 g/mol. The molecule has 1 saturated heterocycles. The number of halogens is 1. The van der Waals surface area contributed by atoms with Crippen molar-refractivity contribution in [2.45, 2.75) is 31.4 Å². The maximum Gasteiger partial charge on any atom is 0.256 e. The van der Waals surface area contributed by atoms with Crippen LogP contribution in [0.15, 0.2) is 12.1 Å². The van der Waals surface area contributed by atoms with Gasteiger partial charge in [0, 0.05) is 73.5 Å². The van der Waals surface area contributed by atoms with Crippen LogP contribution in [-0.2, 0) is 13.5 Å². The van der Waals surface area contributed by atoms with Gasteiger partial charge in [0.1, 0.15) is 11.5 Å². The van der Waals surface area contributed by atoms with Gasteiger partial charge in [0.25, 0.3) is 5.91 Å². The number of hydrogen-bond acceptors (Lipinski definition) is 4. The zero-order valence-corrected chi connectivity index (χ0v) is 16.0. The van der Waals surface area contributed by atoms with Gasteiger partial charge in [-0.05, 0) is 31.9 Å². The Hall–Kier alpha value is -1.76. The molecule has 2 fully saturated rings. The molecule has 2 aromatic heterocycles. The first-order chi connectivity index (χ1) is 12.5. The van der Waals surface area contributed by atoms with Gasteiger partial charge >= 0.3 is 0 Å². The van der Waals surface area contributed by atoms with Crippen LogP contribution in [0.3, 0.4) is 0 Å². The molecule has 4 heterocycles. The zero-order valence-electron chi connectivity index (χ0n) is 15.2. The Morgan fingerprint density at radius 3 is 2.81 bits per heavy atom. The van der Waals surface area contributed by atoms with Gasteiger partial charge in [-0.2, -0.15) is 3.89 Å². The van der Waals surface area contributed by atoms with Crippen molar-refractivity contribution < 1.29 is 8.68 Å². The number of aryl methyl sites for hydroxylation is 1. The number of likely N-dealkylation sites (N-methyl/N-ethyl adjacent to an activating group) is 1. The Labute approximate surface area is 156 Å². The van der Waals surface area contributed by atoms with E-state index >= 15 is 0 Å². The Kier molecular flexibility index (Phi) is 3.55. The van der Waals surface area contributed by atoms with E-state index in [0.717, 1.165) is 73.6 Å². The minimum absolute atomic E-state index is 0.126. The van der Waals surface area contributed by atoms with E-state index in [9.17, 15) is 8.68 Å². The zero-order chi connectivity index (χ0) is 18.1. The lowest BCUT2D eigenvalue weighted by Crippen LogP contribution is -2.63. The largest absolute Gasteiger partial charge is 0.355 e. The third kappa shape index (κ3) is 2.15. The maximum absolute atomic E-state index is 12.8. The van der Waals surface area contributed by atoms with Crippen molar-refractivity contribution in [3.05, 3.63) is 23.4 Å². The molecule has 0 N–H and O–H groups in total. The molecule has 0 bridgehead atoms. The van der Waals surface area contributed by atoms with Gasteiger partial charge in [-0.1, -0.05) is 0 Å². The van der Waals surface area contributed by atoms with Crippen molar-refractivity contribution in [3.8, 4) is 0 Å². The summed E-state index contributed by atoms with van der Waals surface area (Å²) in [5.41, 5.74) is 3.13. The van der Waals surface area contributed by atoms with Gasteiger partial charge in [0.2, 0.25) is 0 Å². The number of aromatic nitrogens is 2. The first-order valence-corrected chi connectivity index (χ1v) is 10.1. The van der Waals surface area contributed by atoms with Crippen LogP contribution in [0, 0.1) is 5.41 Å². The highest BCUT2D eigenvalue weighted by Crippen LogP contribution is 2.53. The number of nitrogens with zero attached hydrogens (tertiary/aromatic N) is 4. The summed E-state index contributed by atoms with van der Waals surface area (Å²) in [4.78, 5) is 21.9. The topological polar surface area (TPSA) is 41.4 Å². The number of anilines is 1. The SMILES string of the molecule is CCN1CCc2c(c3ccc(N4CC5(CC(SF)C5)C4)nc3n2C)C1=O. The minimum Gasteiger partial charge on any atom is -0.355 e. The third-order valence-corrected chi connectivity index (χ3v) is 7.05. The van der Waals surface area contributed by atoms with Crippen molar-refractivity contribution in [2.75, 3.05) is 31.1 Å². The van der Waals surface area contributed by atoms with E-state index in [1.165, 1.54) is 0 Å². The molecule has 1 amide bonds. The fourth-order valence-corrected chi connectivity index (χ4v) is 5.84. The summed E-state index contributed by atoms with van der Waals surface area (Å²) >= 11 is 0.508. The molecule has 138 valence electrons. The molecule has 0 unspecified atom stereocenters. The Morgan fingerprint density at radius 2 is 2.12 bits per heavy atom. The maximum atomic E-state index is 12.8. The lowest BCUT2D eigenvalue weighted by molar-refractivity contribution is 0.0749. The highest BCUT2D eigenvalue weighted by molar-refractivity contribution is 7.95. The normalized spacial score (nSPS) is 21.9. The number of carbonyl (C=O) groups is 1. The van der Waals surface area contributed by atoms with Crippen LogP contribution >= 0.6 is 12.1 Å². The second-order valence-electron chi connectivity index (χ2n) is 8.03. The predicted molar refractivity (Wildman–Crippen MR) is 102 cm³/mol. The standard InChI is InChI=1S/C19H23FN4OS/c1-3-23-7-6-14-16(18(23)25)13-4-5-15(21-17(13)22(14)2)24-10-19(11-24)8-12(9-19)26-20/h4-5,12H,3,6-11H2,1-2H3. The van der Waals surface area contributed by atoms with E-state index in [4.69, 9.17) is 4.98 Å². The van der Waals surface area contributed by atoms with Crippen molar-refractivity contribution in [3.63, 3.8) is 0 Å². The summed E-state index contributed by atoms with van der Waals surface area (Å²) in [5, 5.41) is 1.15. The van der Waals surface area contributed by atoms with E-state index < -0.39 is 0 Å². The molecule has 5 nitrogen and oxygen atoms in total. The van der Waals surface area contributed by atoms with E-state index in [2.05, 4.69) is 15.5 Å². The molecule has 2 aliphatic heterocycles. The number of fused-ring (bicyclic) bond motifs is 3. The summed E-state index contributed by atoms with van der Waals surface area (Å²) in [7, 11) is 2.01. The second kappa shape index (κ2) is 5.62. The van der Waals surface area contributed by atoms with Crippen LogP contribution in [0.1, 0.15) is 35.8 Å². The summed E-state index contributed by atoms with van der Waals surface area (Å²) in [6.07, 6.45) is 2.84. The van der Waals surface area contributed by atoms with Crippen LogP contribution in [0.4, 0.5) is 9.70 Å². The first-order valence-electron chi connectivity index (χ1n) is 9.35. The Morgan fingerprint density at radius 1 is 1.35 bits per heavy atom. The summed E-state index contributed by atoms with van der Waals surface area (Å²) < 4.78 is 14.7. The van der Waals surface area contributed by atoms with Crippen molar-refractivity contribution in [1.29, 1.82) is 0 Å². The van der Waals surface area contributed by atoms with Crippen LogP contribution < -0.4 is 4.90 Å². The lowest BCUT2D eigenvalue weighted by Gasteiger charge is -2.58. The molecule has 0 atom stereocenters. The van der Waals surface area contributed by atoms with Gasteiger partial charge in [-0.15, -0.1) is 0 Å². The highest BCUT2D eigenvalue weighted by Gasteiger charge is 2.53. The van der Waals surface area contributed by atoms with E-state index in [0.29, 0.717) is 17.6 Å². The lowest BCUT2D eigenvalue weighted by atomic mass is 9.63. The number of rotatable bonds is 3. The van der Waals surface area contributed by atoms with Crippen LogP contribution in [0.25, 0.3) is 11.0 Å². The molecule has 1 aliphatic carbocycles. The van der Waals surface area contributed by atoms with Crippen molar-refractivity contribution in [2.24, 2.45) is 12.5 Å². The molecule has 26 heavy (non-hydrogen) atoms. The number of pyridine rings is 1. The first kappa shape index (κ1) is 16.4. The van der Waals surface area contributed by atoms with E-state index in [-0.39, 0.29) is 11.2 Å². The molecule has 1 spiro atoms. The number of carbonyl (C=O) groups excluding carboxylic acids is 1. The fourth-order valence-electron chi connectivity index (χ4n) is 5.00. The summed E-state index contributed by atoms with van der Waals surface area (Å²) in [6.45, 7) is 5.48. The van der Waals surface area contributed by atoms with E-state index in [1.807, 2.05) is 24.9 Å². The number of amides is 1. The summed E-state index contributed by atoms with van der Waals surface area (Å²) in [5.74, 6) is 1.10. The molecule has 3 aliphatic rings. The van der Waals surface area contributed by atoms with Crippen LogP contribution in [0.2, 0.25) is 0 Å². The molecule has 1 saturated carbocycles.